The van der Waals surface area contributed by atoms with E-state index in [9.17, 15) is 9.59 Å². The maximum atomic E-state index is 12.5. The molecule has 0 bridgehead atoms. The highest BCUT2D eigenvalue weighted by atomic mass is 35.5. The lowest BCUT2D eigenvalue weighted by Gasteiger charge is -2.32. The number of thiophene rings is 1. The molecule has 0 saturated carbocycles. The van der Waals surface area contributed by atoms with Crippen LogP contribution in [-0.2, 0) is 0 Å². The molecule has 24 heavy (non-hydrogen) atoms. The third-order valence-corrected chi connectivity index (χ3v) is 5.49. The molecule has 1 fully saturated rings. The quantitative estimate of drug-likeness (QED) is 0.868. The number of carbonyl (C=O) groups excluding carboxylic acids is 2. The molecule has 1 aliphatic heterocycles. The maximum Gasteiger partial charge on any atom is 0.253 e. The van der Waals surface area contributed by atoms with Crippen molar-refractivity contribution in [3.8, 4) is 0 Å². The smallest absolute Gasteiger partial charge is 0.253 e. The number of nitrogens with zero attached hydrogens (tertiary/aromatic N) is 1. The van der Waals surface area contributed by atoms with Crippen LogP contribution in [-0.4, -0.2) is 35.8 Å². The fourth-order valence-corrected chi connectivity index (χ4v) is 3.64. The van der Waals surface area contributed by atoms with Gasteiger partial charge in [0.05, 0.1) is 10.0 Å². The minimum atomic E-state index is -0.0591. The first-order valence-corrected chi connectivity index (χ1v) is 9.32. The second-order valence-corrected chi connectivity index (χ2v) is 7.28. The summed E-state index contributed by atoms with van der Waals surface area (Å²) in [5.41, 5.74) is 1.22. The second-order valence-electron chi connectivity index (χ2n) is 5.68. The molecule has 2 heterocycles. The normalized spacial score (nSPS) is 15.3. The lowest BCUT2D eigenvalue weighted by molar-refractivity contribution is 0.0698. The van der Waals surface area contributed by atoms with Gasteiger partial charge in [-0.3, -0.25) is 9.59 Å². The van der Waals surface area contributed by atoms with Crippen LogP contribution < -0.4 is 5.32 Å². The van der Waals surface area contributed by atoms with E-state index in [-0.39, 0.29) is 17.9 Å². The van der Waals surface area contributed by atoms with Crippen LogP contribution in [0.2, 0.25) is 10.0 Å². The number of nitrogens with one attached hydrogen (secondary N) is 1. The van der Waals surface area contributed by atoms with E-state index in [0.717, 1.165) is 12.8 Å². The standard InChI is InChI=1S/C17H16Cl2N2O2S/c18-14-2-1-11(9-15(14)19)17(23)21-6-3-13(4-7-21)20-16(22)12-5-8-24-10-12/h1-2,5,8-10,13H,3-4,6-7H2,(H,20,22). The van der Waals surface area contributed by atoms with E-state index in [1.54, 1.807) is 23.1 Å². The van der Waals surface area contributed by atoms with Crippen LogP contribution >= 0.6 is 34.5 Å². The number of halogens is 2. The van der Waals surface area contributed by atoms with Crippen molar-refractivity contribution in [1.29, 1.82) is 0 Å². The van der Waals surface area contributed by atoms with Crippen molar-refractivity contribution in [2.24, 2.45) is 0 Å². The van der Waals surface area contributed by atoms with Gasteiger partial charge in [0.25, 0.3) is 11.8 Å². The van der Waals surface area contributed by atoms with E-state index in [4.69, 9.17) is 23.2 Å². The number of amides is 2. The number of benzene rings is 1. The molecule has 4 nitrogen and oxygen atoms in total. The molecule has 3 rings (SSSR count). The highest BCUT2D eigenvalue weighted by Crippen LogP contribution is 2.24. The summed E-state index contributed by atoms with van der Waals surface area (Å²) in [5, 5.41) is 7.55. The Morgan fingerprint density at radius 1 is 1.08 bits per heavy atom. The summed E-state index contributed by atoms with van der Waals surface area (Å²) in [4.78, 5) is 26.4. The molecule has 1 aromatic heterocycles. The molecule has 0 radical (unpaired) electrons. The zero-order valence-corrected chi connectivity index (χ0v) is 15.1. The van der Waals surface area contributed by atoms with Gasteiger partial charge in [-0.15, -0.1) is 0 Å². The second kappa shape index (κ2) is 7.55. The third-order valence-electron chi connectivity index (χ3n) is 4.07. The van der Waals surface area contributed by atoms with Crippen molar-refractivity contribution in [3.05, 3.63) is 56.2 Å². The van der Waals surface area contributed by atoms with Gasteiger partial charge in [-0.25, -0.2) is 0 Å². The minimum absolute atomic E-state index is 0.0505. The van der Waals surface area contributed by atoms with Crippen molar-refractivity contribution >= 4 is 46.4 Å². The SMILES string of the molecule is O=C(NC1CCN(C(=O)c2ccc(Cl)c(Cl)c2)CC1)c1ccsc1. The Morgan fingerprint density at radius 3 is 2.46 bits per heavy atom. The van der Waals surface area contributed by atoms with Gasteiger partial charge in [0.2, 0.25) is 0 Å². The molecule has 126 valence electrons. The van der Waals surface area contributed by atoms with Crippen LogP contribution in [0, 0.1) is 0 Å². The Balaban J connectivity index is 1.55. The van der Waals surface area contributed by atoms with Crippen LogP contribution in [0.4, 0.5) is 0 Å². The van der Waals surface area contributed by atoms with Gasteiger partial charge in [0.15, 0.2) is 0 Å². The molecule has 2 aromatic rings. The number of piperidine rings is 1. The van der Waals surface area contributed by atoms with Crippen LogP contribution in [0.15, 0.2) is 35.0 Å². The summed E-state index contributed by atoms with van der Waals surface area (Å²) in [6.45, 7) is 1.21. The van der Waals surface area contributed by atoms with E-state index in [2.05, 4.69) is 5.32 Å². The van der Waals surface area contributed by atoms with Crippen LogP contribution in [0.3, 0.4) is 0 Å². The number of carbonyl (C=O) groups is 2. The highest BCUT2D eigenvalue weighted by molar-refractivity contribution is 7.08. The Labute approximate surface area is 154 Å². The monoisotopic (exact) mass is 382 g/mol. The molecule has 1 aromatic carbocycles. The lowest BCUT2D eigenvalue weighted by Crippen LogP contribution is -2.46. The van der Waals surface area contributed by atoms with Gasteiger partial charge in [0, 0.05) is 35.6 Å². The first kappa shape index (κ1) is 17.3. The van der Waals surface area contributed by atoms with Crippen molar-refractivity contribution in [3.63, 3.8) is 0 Å². The zero-order valence-electron chi connectivity index (χ0n) is 12.8. The number of hydrogen-bond acceptors (Lipinski definition) is 3. The maximum absolute atomic E-state index is 12.5. The number of rotatable bonds is 3. The Bertz CT molecular complexity index is 741. The van der Waals surface area contributed by atoms with Crippen LogP contribution in [0.25, 0.3) is 0 Å². The molecule has 2 amide bonds. The Morgan fingerprint density at radius 2 is 1.83 bits per heavy atom. The van der Waals surface area contributed by atoms with Gasteiger partial charge in [-0.2, -0.15) is 11.3 Å². The zero-order chi connectivity index (χ0) is 17.1. The van der Waals surface area contributed by atoms with E-state index in [1.807, 2.05) is 16.8 Å². The van der Waals surface area contributed by atoms with Crippen molar-refractivity contribution in [2.45, 2.75) is 18.9 Å². The predicted molar refractivity (Wildman–Crippen MR) is 97.2 cm³/mol. The summed E-state index contributed by atoms with van der Waals surface area (Å²) in [6, 6.07) is 6.81. The van der Waals surface area contributed by atoms with Gasteiger partial charge in [0.1, 0.15) is 0 Å². The minimum Gasteiger partial charge on any atom is -0.349 e. The fourth-order valence-electron chi connectivity index (χ4n) is 2.70. The molecule has 1 aliphatic rings. The first-order valence-electron chi connectivity index (χ1n) is 7.62. The van der Waals surface area contributed by atoms with Crippen LogP contribution in [0.5, 0.6) is 0 Å². The van der Waals surface area contributed by atoms with Crippen molar-refractivity contribution in [1.82, 2.24) is 10.2 Å². The molecule has 0 atom stereocenters. The molecule has 0 unspecified atom stereocenters. The predicted octanol–water partition coefficient (Wildman–Crippen LogP) is 4.09. The molecule has 1 saturated heterocycles. The van der Waals surface area contributed by atoms with E-state index >= 15 is 0 Å². The Hall–Kier alpha value is -1.56. The molecule has 7 heteroatoms. The largest absolute Gasteiger partial charge is 0.349 e. The topological polar surface area (TPSA) is 49.4 Å². The van der Waals surface area contributed by atoms with E-state index < -0.39 is 0 Å². The van der Waals surface area contributed by atoms with Crippen molar-refractivity contribution in [2.75, 3.05) is 13.1 Å². The lowest BCUT2D eigenvalue weighted by atomic mass is 10.0. The van der Waals surface area contributed by atoms with Gasteiger partial charge in [-0.1, -0.05) is 23.2 Å². The van der Waals surface area contributed by atoms with E-state index in [1.165, 1.54) is 11.3 Å². The number of hydrogen-bond donors (Lipinski definition) is 1. The third kappa shape index (κ3) is 3.91. The average molecular weight is 383 g/mol. The first-order chi connectivity index (χ1) is 11.5. The van der Waals surface area contributed by atoms with Gasteiger partial charge in [-0.05, 0) is 42.5 Å². The molecule has 0 aliphatic carbocycles. The van der Waals surface area contributed by atoms with E-state index in [0.29, 0.717) is 34.3 Å². The molecule has 0 spiro atoms. The summed E-state index contributed by atoms with van der Waals surface area (Å²) < 4.78 is 0. The van der Waals surface area contributed by atoms with Crippen molar-refractivity contribution < 1.29 is 9.59 Å². The Kier molecular flexibility index (Phi) is 5.43. The average Bonchev–Trinajstić information content (AvgIpc) is 3.12. The summed E-state index contributed by atoms with van der Waals surface area (Å²) in [5.74, 6) is -0.110. The van der Waals surface area contributed by atoms with Gasteiger partial charge < -0.3 is 10.2 Å². The summed E-state index contributed by atoms with van der Waals surface area (Å²) in [6.07, 6.45) is 1.48. The fraction of sp³-hybridized carbons (Fsp3) is 0.294. The summed E-state index contributed by atoms with van der Waals surface area (Å²) in [7, 11) is 0. The number of likely N-dealkylation sites (tertiary alicyclic amines) is 1. The molecule has 1 N–H and O–H groups in total. The van der Waals surface area contributed by atoms with Gasteiger partial charge >= 0.3 is 0 Å². The molecular formula is C17H16Cl2N2O2S. The molecular weight excluding hydrogens is 367 g/mol. The highest BCUT2D eigenvalue weighted by Gasteiger charge is 2.25. The van der Waals surface area contributed by atoms with Crippen LogP contribution in [0.1, 0.15) is 33.6 Å². The summed E-state index contributed by atoms with van der Waals surface area (Å²) >= 11 is 13.4.